The van der Waals surface area contributed by atoms with Crippen LogP contribution in [0.4, 0.5) is 0 Å². The van der Waals surface area contributed by atoms with Gasteiger partial charge in [-0.1, -0.05) is 39.0 Å². The fourth-order valence-corrected chi connectivity index (χ4v) is 2.30. The van der Waals surface area contributed by atoms with Crippen LogP contribution < -0.4 is 0 Å². The summed E-state index contributed by atoms with van der Waals surface area (Å²) in [6.07, 6.45) is 10.6. The second kappa shape index (κ2) is 7.31. The SMILES string of the molecule is CCCCCCCCN1C=CSC1. The Balaban J connectivity index is 1.81. The maximum atomic E-state index is 2.41. The van der Waals surface area contributed by atoms with E-state index in [1.807, 2.05) is 11.8 Å². The molecular weight excluding hydrogens is 178 g/mol. The van der Waals surface area contributed by atoms with Gasteiger partial charge in [-0.15, -0.1) is 11.8 Å². The summed E-state index contributed by atoms with van der Waals surface area (Å²) in [6.45, 7) is 3.53. The van der Waals surface area contributed by atoms with Crippen molar-refractivity contribution < 1.29 is 0 Å². The minimum absolute atomic E-state index is 1.18. The highest BCUT2D eigenvalue weighted by molar-refractivity contribution is 8.02. The van der Waals surface area contributed by atoms with Gasteiger partial charge in [-0.3, -0.25) is 0 Å². The lowest BCUT2D eigenvalue weighted by molar-refractivity contribution is 0.421. The molecule has 76 valence electrons. The summed E-state index contributed by atoms with van der Waals surface area (Å²) < 4.78 is 0. The maximum absolute atomic E-state index is 2.41. The van der Waals surface area contributed by atoms with Gasteiger partial charge in [0.05, 0.1) is 5.88 Å². The molecule has 0 saturated heterocycles. The monoisotopic (exact) mass is 199 g/mol. The molecule has 0 aliphatic carbocycles. The summed E-state index contributed by atoms with van der Waals surface area (Å²) in [6, 6.07) is 0. The standard InChI is InChI=1S/C11H21NS/c1-2-3-4-5-6-7-8-12-9-10-13-11-12/h9-10H,2-8,11H2,1H3. The van der Waals surface area contributed by atoms with E-state index >= 15 is 0 Å². The first kappa shape index (κ1) is 11.0. The molecule has 0 saturated carbocycles. The average Bonchev–Trinajstić information content (AvgIpc) is 2.63. The van der Waals surface area contributed by atoms with Gasteiger partial charge < -0.3 is 4.90 Å². The zero-order valence-corrected chi connectivity index (χ0v) is 9.48. The van der Waals surface area contributed by atoms with Gasteiger partial charge in [0.25, 0.3) is 0 Å². The summed E-state index contributed by atoms with van der Waals surface area (Å²) in [5, 5.41) is 2.19. The third kappa shape index (κ3) is 5.25. The van der Waals surface area contributed by atoms with Crippen LogP contribution in [0.5, 0.6) is 0 Å². The van der Waals surface area contributed by atoms with E-state index in [4.69, 9.17) is 0 Å². The van der Waals surface area contributed by atoms with Crippen LogP contribution in [-0.4, -0.2) is 17.3 Å². The molecule has 0 aromatic heterocycles. The molecule has 13 heavy (non-hydrogen) atoms. The second-order valence-electron chi connectivity index (χ2n) is 3.66. The predicted molar refractivity (Wildman–Crippen MR) is 61.7 cm³/mol. The summed E-state index contributed by atoms with van der Waals surface area (Å²) in [5.41, 5.74) is 0. The molecule has 2 heteroatoms. The Hall–Kier alpha value is -0.110. The fraction of sp³-hybridized carbons (Fsp3) is 0.818. The number of thioether (sulfide) groups is 1. The van der Waals surface area contributed by atoms with Crippen LogP contribution in [-0.2, 0) is 0 Å². The van der Waals surface area contributed by atoms with Crippen molar-refractivity contribution in [2.45, 2.75) is 45.4 Å². The van der Waals surface area contributed by atoms with E-state index < -0.39 is 0 Å². The molecule has 0 atom stereocenters. The van der Waals surface area contributed by atoms with Crippen LogP contribution in [0, 0.1) is 0 Å². The fourth-order valence-electron chi connectivity index (χ4n) is 1.55. The van der Waals surface area contributed by atoms with Crippen LogP contribution in [0.3, 0.4) is 0 Å². The molecular formula is C11H21NS. The van der Waals surface area contributed by atoms with Gasteiger partial charge in [-0.2, -0.15) is 0 Å². The van der Waals surface area contributed by atoms with Crippen molar-refractivity contribution in [3.8, 4) is 0 Å². The van der Waals surface area contributed by atoms with E-state index in [2.05, 4.69) is 23.4 Å². The van der Waals surface area contributed by atoms with Gasteiger partial charge in [-0.05, 0) is 11.8 Å². The molecule has 0 spiro atoms. The quantitative estimate of drug-likeness (QED) is 0.573. The third-order valence-corrected chi connectivity index (χ3v) is 3.20. The molecule has 0 aromatic carbocycles. The van der Waals surface area contributed by atoms with Gasteiger partial charge >= 0.3 is 0 Å². The maximum Gasteiger partial charge on any atom is 0.0675 e. The zero-order chi connectivity index (χ0) is 9.36. The lowest BCUT2D eigenvalue weighted by atomic mass is 10.1. The van der Waals surface area contributed by atoms with Gasteiger partial charge in [-0.25, -0.2) is 0 Å². The molecule has 0 N–H and O–H groups in total. The molecule has 0 radical (unpaired) electrons. The molecule has 0 amide bonds. The summed E-state index contributed by atoms with van der Waals surface area (Å²) in [4.78, 5) is 2.41. The minimum atomic E-state index is 1.18. The molecule has 1 aliphatic heterocycles. The van der Waals surface area contributed by atoms with Gasteiger partial charge in [0, 0.05) is 12.7 Å². The largest absolute Gasteiger partial charge is 0.367 e. The first-order valence-corrected chi connectivity index (χ1v) is 6.50. The molecule has 0 unspecified atom stereocenters. The number of nitrogens with zero attached hydrogens (tertiary/aromatic N) is 1. The number of hydrogen-bond acceptors (Lipinski definition) is 2. The van der Waals surface area contributed by atoms with Crippen LogP contribution in [0.25, 0.3) is 0 Å². The molecule has 0 fully saturated rings. The van der Waals surface area contributed by atoms with Crippen molar-refractivity contribution in [1.29, 1.82) is 0 Å². The second-order valence-corrected chi connectivity index (χ2v) is 4.52. The van der Waals surface area contributed by atoms with Gasteiger partial charge in [0.1, 0.15) is 0 Å². The summed E-state index contributed by atoms with van der Waals surface area (Å²) >= 11 is 1.90. The molecule has 0 aromatic rings. The van der Waals surface area contributed by atoms with E-state index in [1.54, 1.807) is 0 Å². The van der Waals surface area contributed by atoms with Gasteiger partial charge in [0.15, 0.2) is 0 Å². The highest BCUT2D eigenvalue weighted by Crippen LogP contribution is 2.15. The molecule has 0 bridgehead atoms. The number of unbranched alkanes of at least 4 members (excludes halogenated alkanes) is 5. The molecule has 1 aliphatic rings. The molecule has 1 nitrogen and oxygen atoms in total. The Labute approximate surface area is 86.6 Å². The van der Waals surface area contributed by atoms with E-state index in [-0.39, 0.29) is 0 Å². The first-order chi connectivity index (χ1) is 6.43. The van der Waals surface area contributed by atoms with E-state index in [0.29, 0.717) is 0 Å². The lowest BCUT2D eigenvalue weighted by Gasteiger charge is -2.13. The Morgan fingerprint density at radius 1 is 1.15 bits per heavy atom. The number of rotatable bonds is 7. The van der Waals surface area contributed by atoms with Gasteiger partial charge in [0.2, 0.25) is 0 Å². The highest BCUT2D eigenvalue weighted by atomic mass is 32.2. The topological polar surface area (TPSA) is 3.24 Å². The average molecular weight is 199 g/mol. The van der Waals surface area contributed by atoms with Crippen molar-refractivity contribution in [3.63, 3.8) is 0 Å². The first-order valence-electron chi connectivity index (χ1n) is 5.46. The molecule has 1 heterocycles. The summed E-state index contributed by atoms with van der Waals surface area (Å²) in [7, 11) is 0. The van der Waals surface area contributed by atoms with E-state index in [1.165, 1.54) is 50.9 Å². The Morgan fingerprint density at radius 2 is 1.92 bits per heavy atom. The highest BCUT2D eigenvalue weighted by Gasteiger charge is 2.02. The minimum Gasteiger partial charge on any atom is -0.367 e. The van der Waals surface area contributed by atoms with Crippen molar-refractivity contribution in [3.05, 3.63) is 11.6 Å². The lowest BCUT2D eigenvalue weighted by Crippen LogP contribution is -2.14. The smallest absolute Gasteiger partial charge is 0.0675 e. The zero-order valence-electron chi connectivity index (χ0n) is 8.67. The van der Waals surface area contributed by atoms with Crippen molar-refractivity contribution in [2.24, 2.45) is 0 Å². The normalized spacial score (nSPS) is 15.6. The van der Waals surface area contributed by atoms with E-state index in [9.17, 15) is 0 Å². The summed E-state index contributed by atoms with van der Waals surface area (Å²) in [5.74, 6) is 1.18. The van der Waals surface area contributed by atoms with Crippen molar-refractivity contribution in [1.82, 2.24) is 4.90 Å². The van der Waals surface area contributed by atoms with Crippen LogP contribution >= 0.6 is 11.8 Å². The van der Waals surface area contributed by atoms with E-state index in [0.717, 1.165) is 0 Å². The third-order valence-electron chi connectivity index (χ3n) is 2.41. The Kier molecular flexibility index (Phi) is 6.17. The Bertz CT molecular complexity index is 145. The predicted octanol–water partition coefficient (Wildman–Crippen LogP) is 3.82. The van der Waals surface area contributed by atoms with Crippen molar-refractivity contribution in [2.75, 3.05) is 12.4 Å². The van der Waals surface area contributed by atoms with Crippen molar-refractivity contribution >= 4 is 11.8 Å². The Morgan fingerprint density at radius 3 is 2.62 bits per heavy atom. The van der Waals surface area contributed by atoms with Crippen LogP contribution in [0.1, 0.15) is 45.4 Å². The van der Waals surface area contributed by atoms with Crippen LogP contribution in [0.15, 0.2) is 11.6 Å². The number of hydrogen-bond donors (Lipinski definition) is 0. The van der Waals surface area contributed by atoms with Crippen LogP contribution in [0.2, 0.25) is 0 Å². The molecule has 1 rings (SSSR count).